The first-order valence-corrected chi connectivity index (χ1v) is 8.23. The van der Waals surface area contributed by atoms with E-state index >= 15 is 0 Å². The Balaban J connectivity index is 1.85. The van der Waals surface area contributed by atoms with E-state index in [0.717, 1.165) is 25.2 Å². The van der Waals surface area contributed by atoms with E-state index in [0.29, 0.717) is 12.5 Å². The number of nitrogens with one attached hydrogen (secondary N) is 2. The molecule has 120 valence electrons. The molecule has 2 aliphatic rings. The maximum absolute atomic E-state index is 12.3. The second kappa shape index (κ2) is 6.77. The maximum Gasteiger partial charge on any atom is 0.311 e. The minimum absolute atomic E-state index is 0.0417. The molecule has 5 heteroatoms. The van der Waals surface area contributed by atoms with Crippen LogP contribution in [0, 0.1) is 11.3 Å². The SMILES string of the molecule is CCC(C)(CNC(=O)C1CCC2CCCCC2N1)C(=O)O. The van der Waals surface area contributed by atoms with Crippen LogP contribution in [0.5, 0.6) is 0 Å². The molecule has 0 radical (unpaired) electrons. The first-order valence-electron chi connectivity index (χ1n) is 8.23. The fourth-order valence-corrected chi connectivity index (χ4v) is 3.46. The average molecular weight is 296 g/mol. The van der Waals surface area contributed by atoms with Crippen molar-refractivity contribution in [2.75, 3.05) is 6.54 Å². The van der Waals surface area contributed by atoms with Crippen molar-refractivity contribution in [1.82, 2.24) is 10.6 Å². The van der Waals surface area contributed by atoms with E-state index in [-0.39, 0.29) is 18.5 Å². The molecule has 1 amide bonds. The topological polar surface area (TPSA) is 78.4 Å². The predicted molar refractivity (Wildman–Crippen MR) is 80.9 cm³/mol. The Hall–Kier alpha value is -1.10. The molecule has 0 aromatic carbocycles. The van der Waals surface area contributed by atoms with Crippen molar-refractivity contribution in [2.45, 2.75) is 70.9 Å². The first-order chi connectivity index (χ1) is 9.96. The normalized spacial score (nSPS) is 31.8. The van der Waals surface area contributed by atoms with E-state index in [4.69, 9.17) is 0 Å². The van der Waals surface area contributed by atoms with E-state index < -0.39 is 11.4 Å². The summed E-state index contributed by atoms with van der Waals surface area (Å²) in [5.41, 5.74) is -0.877. The van der Waals surface area contributed by atoms with Crippen LogP contribution in [-0.4, -0.2) is 35.6 Å². The van der Waals surface area contributed by atoms with Crippen molar-refractivity contribution in [2.24, 2.45) is 11.3 Å². The number of carbonyl (C=O) groups excluding carboxylic acids is 1. The van der Waals surface area contributed by atoms with Crippen molar-refractivity contribution in [3.05, 3.63) is 0 Å². The highest BCUT2D eigenvalue weighted by Gasteiger charge is 2.36. The summed E-state index contributed by atoms with van der Waals surface area (Å²) in [5, 5.41) is 15.6. The van der Waals surface area contributed by atoms with Gasteiger partial charge in [-0.05, 0) is 44.9 Å². The zero-order valence-electron chi connectivity index (χ0n) is 13.2. The van der Waals surface area contributed by atoms with Gasteiger partial charge in [0, 0.05) is 12.6 Å². The number of aliphatic carboxylic acids is 1. The minimum Gasteiger partial charge on any atom is -0.481 e. The number of hydrogen-bond acceptors (Lipinski definition) is 3. The van der Waals surface area contributed by atoms with Gasteiger partial charge in [-0.15, -0.1) is 0 Å². The van der Waals surface area contributed by atoms with Gasteiger partial charge in [0.15, 0.2) is 0 Å². The van der Waals surface area contributed by atoms with Crippen LogP contribution < -0.4 is 10.6 Å². The fraction of sp³-hybridized carbons (Fsp3) is 0.875. The van der Waals surface area contributed by atoms with Gasteiger partial charge in [-0.3, -0.25) is 9.59 Å². The van der Waals surface area contributed by atoms with E-state index in [1.807, 2.05) is 6.92 Å². The van der Waals surface area contributed by atoms with Gasteiger partial charge in [-0.1, -0.05) is 19.8 Å². The summed E-state index contributed by atoms with van der Waals surface area (Å²) in [6, 6.07) is 0.319. The van der Waals surface area contributed by atoms with Crippen LogP contribution in [0.3, 0.4) is 0 Å². The Kier molecular flexibility index (Phi) is 5.25. The number of rotatable bonds is 5. The Bertz CT molecular complexity index is 399. The molecule has 0 bridgehead atoms. The largest absolute Gasteiger partial charge is 0.481 e. The van der Waals surface area contributed by atoms with E-state index in [2.05, 4.69) is 10.6 Å². The van der Waals surface area contributed by atoms with E-state index in [1.165, 1.54) is 19.3 Å². The molecule has 1 saturated carbocycles. The molecule has 5 nitrogen and oxygen atoms in total. The third-order valence-electron chi connectivity index (χ3n) is 5.42. The Morgan fingerprint density at radius 2 is 1.95 bits per heavy atom. The number of carboxylic acids is 1. The predicted octanol–water partition coefficient (Wildman–Crippen LogP) is 1.91. The van der Waals surface area contributed by atoms with Gasteiger partial charge < -0.3 is 15.7 Å². The van der Waals surface area contributed by atoms with Crippen molar-refractivity contribution in [3.63, 3.8) is 0 Å². The van der Waals surface area contributed by atoms with Crippen LogP contribution in [0.2, 0.25) is 0 Å². The summed E-state index contributed by atoms with van der Waals surface area (Å²) in [4.78, 5) is 23.6. The molecule has 0 aromatic heterocycles. The van der Waals surface area contributed by atoms with Crippen LogP contribution in [0.4, 0.5) is 0 Å². The zero-order valence-corrected chi connectivity index (χ0v) is 13.2. The highest BCUT2D eigenvalue weighted by atomic mass is 16.4. The van der Waals surface area contributed by atoms with Crippen LogP contribution in [-0.2, 0) is 9.59 Å². The highest BCUT2D eigenvalue weighted by molar-refractivity contribution is 5.83. The van der Waals surface area contributed by atoms with Gasteiger partial charge >= 0.3 is 5.97 Å². The van der Waals surface area contributed by atoms with Crippen LogP contribution >= 0.6 is 0 Å². The van der Waals surface area contributed by atoms with Gasteiger partial charge in [-0.2, -0.15) is 0 Å². The van der Waals surface area contributed by atoms with E-state index in [1.54, 1.807) is 6.92 Å². The van der Waals surface area contributed by atoms with Crippen molar-refractivity contribution in [3.8, 4) is 0 Å². The van der Waals surface area contributed by atoms with Crippen LogP contribution in [0.25, 0.3) is 0 Å². The summed E-state index contributed by atoms with van der Waals surface area (Å²) >= 11 is 0. The van der Waals surface area contributed by atoms with Gasteiger partial charge in [-0.25, -0.2) is 0 Å². The smallest absolute Gasteiger partial charge is 0.311 e. The lowest BCUT2D eigenvalue weighted by Gasteiger charge is -2.40. The molecule has 1 aliphatic heterocycles. The maximum atomic E-state index is 12.3. The van der Waals surface area contributed by atoms with Crippen molar-refractivity contribution < 1.29 is 14.7 Å². The number of carbonyl (C=O) groups is 2. The quantitative estimate of drug-likeness (QED) is 0.724. The molecule has 4 unspecified atom stereocenters. The van der Waals surface area contributed by atoms with Crippen molar-refractivity contribution >= 4 is 11.9 Å². The Labute approximate surface area is 126 Å². The molecule has 1 aliphatic carbocycles. The number of fused-ring (bicyclic) bond motifs is 1. The second-order valence-electron chi connectivity index (χ2n) is 6.88. The molecule has 21 heavy (non-hydrogen) atoms. The standard InChI is InChI=1S/C16H28N2O3/c1-3-16(2,15(20)21)10-17-14(19)13-9-8-11-6-4-5-7-12(11)18-13/h11-13,18H,3-10H2,1-2H3,(H,17,19)(H,20,21). The third kappa shape index (κ3) is 3.76. The molecule has 1 heterocycles. The highest BCUT2D eigenvalue weighted by Crippen LogP contribution is 2.32. The summed E-state index contributed by atoms with van der Waals surface area (Å²) in [6.45, 7) is 3.72. The monoisotopic (exact) mass is 296 g/mol. The summed E-state index contributed by atoms with van der Waals surface area (Å²) < 4.78 is 0. The lowest BCUT2D eigenvalue weighted by atomic mass is 9.77. The van der Waals surface area contributed by atoms with Gasteiger partial charge in [0.05, 0.1) is 11.5 Å². The van der Waals surface area contributed by atoms with Gasteiger partial charge in [0.2, 0.25) is 5.91 Å². The zero-order chi connectivity index (χ0) is 15.5. The van der Waals surface area contributed by atoms with Gasteiger partial charge in [0.1, 0.15) is 0 Å². The molecular formula is C16H28N2O3. The van der Waals surface area contributed by atoms with Crippen molar-refractivity contribution in [1.29, 1.82) is 0 Å². The number of hydrogen-bond donors (Lipinski definition) is 3. The molecule has 3 N–H and O–H groups in total. The minimum atomic E-state index is -0.877. The van der Waals surface area contributed by atoms with Gasteiger partial charge in [0.25, 0.3) is 0 Å². The van der Waals surface area contributed by atoms with Crippen LogP contribution in [0.1, 0.15) is 58.8 Å². The van der Waals surface area contributed by atoms with Crippen LogP contribution in [0.15, 0.2) is 0 Å². The molecule has 1 saturated heterocycles. The number of carboxylic acid groups (broad SMARTS) is 1. The molecule has 0 aromatic rings. The number of amides is 1. The fourth-order valence-electron chi connectivity index (χ4n) is 3.46. The summed E-state index contributed by atoms with van der Waals surface area (Å²) in [6.07, 6.45) is 7.48. The summed E-state index contributed by atoms with van der Waals surface area (Å²) in [5.74, 6) is -0.170. The Morgan fingerprint density at radius 3 is 2.62 bits per heavy atom. The van der Waals surface area contributed by atoms with E-state index in [9.17, 15) is 14.7 Å². The average Bonchev–Trinajstić information content (AvgIpc) is 2.51. The lowest BCUT2D eigenvalue weighted by molar-refractivity contribution is -0.148. The Morgan fingerprint density at radius 1 is 1.24 bits per heavy atom. The molecular weight excluding hydrogens is 268 g/mol. The third-order valence-corrected chi connectivity index (χ3v) is 5.42. The summed E-state index contributed by atoms with van der Waals surface area (Å²) in [7, 11) is 0. The number of piperidine rings is 1. The lowest BCUT2D eigenvalue weighted by Crippen LogP contribution is -2.56. The molecule has 2 fully saturated rings. The first kappa shape index (κ1) is 16.3. The molecule has 2 rings (SSSR count). The second-order valence-corrected chi connectivity index (χ2v) is 6.88. The molecule has 0 spiro atoms. The molecule has 4 atom stereocenters.